The van der Waals surface area contributed by atoms with Crippen molar-refractivity contribution >= 4 is 27.4 Å². The van der Waals surface area contributed by atoms with Crippen LogP contribution in [0.25, 0.3) is 0 Å². The molecule has 3 N–H and O–H groups in total. The zero-order valence-corrected chi connectivity index (χ0v) is 10.1. The second-order valence-corrected chi connectivity index (χ2v) is 5.43. The van der Waals surface area contributed by atoms with Crippen LogP contribution in [0.5, 0.6) is 0 Å². The average Bonchev–Trinajstić information content (AvgIpc) is 2.18. The number of hydrogen-bond donors (Lipinski definition) is 2. The first-order chi connectivity index (χ1) is 6.93. The number of thiocarbonyl (C=S) groups is 1. The van der Waals surface area contributed by atoms with Crippen LogP contribution in [0.1, 0.15) is 6.92 Å². The number of morpholine rings is 1. The van der Waals surface area contributed by atoms with Crippen molar-refractivity contribution in [3.8, 4) is 0 Å². The first kappa shape index (κ1) is 12.8. The van der Waals surface area contributed by atoms with Crippen molar-refractivity contribution in [2.75, 3.05) is 26.3 Å². The molecule has 0 aromatic carbocycles. The Kier molecular flexibility index (Phi) is 4.41. The highest BCUT2D eigenvalue weighted by Crippen LogP contribution is 2.03. The molecule has 0 radical (unpaired) electrons. The quantitative estimate of drug-likeness (QED) is 0.617. The molecule has 0 amide bonds. The van der Waals surface area contributed by atoms with Gasteiger partial charge in [-0.25, -0.2) is 0 Å². The summed E-state index contributed by atoms with van der Waals surface area (Å²) in [5.41, 5.74) is 5.33. The van der Waals surface area contributed by atoms with Gasteiger partial charge in [-0.1, -0.05) is 12.2 Å². The molecule has 1 rings (SSSR count). The Bertz CT molecular complexity index is 324. The Morgan fingerprint density at radius 2 is 2.07 bits per heavy atom. The van der Waals surface area contributed by atoms with Gasteiger partial charge in [0.1, 0.15) is 0 Å². The summed E-state index contributed by atoms with van der Waals surface area (Å²) in [6, 6.07) is -0.534. The topological polar surface area (TPSA) is 84.7 Å². The Morgan fingerprint density at radius 1 is 1.53 bits per heavy atom. The highest BCUT2D eigenvalue weighted by molar-refractivity contribution is 7.87. The standard InChI is InChI=1S/C7H15N3O3S2/c1-6(7(8)14)9-15(11,12)10-2-4-13-5-3-10/h6,9H,2-5H2,1H3,(H2,8,14). The van der Waals surface area contributed by atoms with Crippen LogP contribution in [0.2, 0.25) is 0 Å². The van der Waals surface area contributed by atoms with Gasteiger partial charge in [-0.3, -0.25) is 0 Å². The molecule has 0 spiro atoms. The van der Waals surface area contributed by atoms with Crippen LogP contribution >= 0.6 is 12.2 Å². The molecule has 1 aliphatic rings. The molecule has 0 aromatic heterocycles. The molecule has 0 aromatic rings. The summed E-state index contributed by atoms with van der Waals surface area (Å²) in [4.78, 5) is 0.131. The van der Waals surface area contributed by atoms with Gasteiger partial charge in [-0.05, 0) is 6.92 Å². The number of ether oxygens (including phenoxy) is 1. The number of rotatable bonds is 4. The molecule has 1 fully saturated rings. The van der Waals surface area contributed by atoms with Crippen molar-refractivity contribution in [1.29, 1.82) is 0 Å². The van der Waals surface area contributed by atoms with E-state index in [0.29, 0.717) is 26.3 Å². The van der Waals surface area contributed by atoms with Gasteiger partial charge < -0.3 is 10.5 Å². The predicted octanol–water partition coefficient (Wildman–Crippen LogP) is -1.17. The van der Waals surface area contributed by atoms with Crippen LogP contribution in [0.15, 0.2) is 0 Å². The van der Waals surface area contributed by atoms with Gasteiger partial charge >= 0.3 is 0 Å². The zero-order valence-electron chi connectivity index (χ0n) is 8.47. The fraction of sp³-hybridized carbons (Fsp3) is 0.857. The maximum Gasteiger partial charge on any atom is 0.280 e. The lowest BCUT2D eigenvalue weighted by Gasteiger charge is -2.27. The molecule has 88 valence electrons. The molecule has 1 saturated heterocycles. The van der Waals surface area contributed by atoms with Crippen LogP contribution in [-0.2, 0) is 14.9 Å². The first-order valence-electron chi connectivity index (χ1n) is 4.58. The lowest BCUT2D eigenvalue weighted by atomic mass is 10.4. The van der Waals surface area contributed by atoms with E-state index in [-0.39, 0.29) is 4.99 Å². The SMILES string of the molecule is CC(NS(=O)(=O)N1CCOCC1)C(N)=S. The molecule has 1 heterocycles. The normalized spacial score (nSPS) is 21.1. The predicted molar refractivity (Wildman–Crippen MR) is 60.7 cm³/mol. The minimum Gasteiger partial charge on any atom is -0.392 e. The van der Waals surface area contributed by atoms with Crippen LogP contribution in [-0.4, -0.2) is 50.1 Å². The van der Waals surface area contributed by atoms with E-state index in [0.717, 1.165) is 0 Å². The Hall–Kier alpha value is -0.280. The summed E-state index contributed by atoms with van der Waals surface area (Å²) >= 11 is 4.70. The van der Waals surface area contributed by atoms with E-state index in [4.69, 9.17) is 22.7 Å². The fourth-order valence-electron chi connectivity index (χ4n) is 1.14. The average molecular weight is 253 g/mol. The smallest absolute Gasteiger partial charge is 0.280 e. The van der Waals surface area contributed by atoms with Gasteiger partial charge in [0.25, 0.3) is 10.2 Å². The third-order valence-corrected chi connectivity index (χ3v) is 4.11. The molecule has 1 unspecified atom stereocenters. The molecule has 0 aliphatic carbocycles. The van der Waals surface area contributed by atoms with Gasteiger partial charge in [-0.2, -0.15) is 17.4 Å². The summed E-state index contributed by atoms with van der Waals surface area (Å²) in [7, 11) is -3.49. The van der Waals surface area contributed by atoms with Gasteiger partial charge in [0.2, 0.25) is 0 Å². The van der Waals surface area contributed by atoms with Gasteiger partial charge in [-0.15, -0.1) is 0 Å². The number of hydrogen-bond acceptors (Lipinski definition) is 4. The third kappa shape index (κ3) is 3.65. The van der Waals surface area contributed by atoms with Gasteiger partial charge in [0, 0.05) is 13.1 Å². The van der Waals surface area contributed by atoms with Crippen molar-refractivity contribution in [1.82, 2.24) is 9.03 Å². The monoisotopic (exact) mass is 253 g/mol. The fourth-order valence-corrected chi connectivity index (χ4v) is 2.63. The van der Waals surface area contributed by atoms with E-state index in [1.54, 1.807) is 6.92 Å². The van der Waals surface area contributed by atoms with Crippen LogP contribution < -0.4 is 10.5 Å². The molecule has 0 bridgehead atoms. The molecule has 15 heavy (non-hydrogen) atoms. The molecule has 0 saturated carbocycles. The van der Waals surface area contributed by atoms with Gasteiger partial charge in [0.05, 0.1) is 24.2 Å². The molecule has 1 atom stereocenters. The van der Waals surface area contributed by atoms with Crippen molar-refractivity contribution in [2.24, 2.45) is 5.73 Å². The van der Waals surface area contributed by atoms with E-state index < -0.39 is 16.3 Å². The molecule has 8 heteroatoms. The molecule has 1 aliphatic heterocycles. The Morgan fingerprint density at radius 3 is 2.53 bits per heavy atom. The molecular formula is C7H15N3O3S2. The zero-order chi connectivity index (χ0) is 11.5. The minimum atomic E-state index is -3.49. The van der Waals surface area contributed by atoms with E-state index in [2.05, 4.69) is 4.72 Å². The van der Waals surface area contributed by atoms with Crippen LogP contribution in [0.3, 0.4) is 0 Å². The third-order valence-electron chi connectivity index (χ3n) is 2.06. The molecule has 6 nitrogen and oxygen atoms in total. The summed E-state index contributed by atoms with van der Waals surface area (Å²) in [5, 5.41) is 0. The van der Waals surface area contributed by atoms with Gasteiger partial charge in [0.15, 0.2) is 0 Å². The number of nitrogens with two attached hydrogens (primary N) is 1. The summed E-state index contributed by atoms with van der Waals surface area (Å²) in [6.45, 7) is 3.17. The Labute approximate surface area is 94.9 Å². The van der Waals surface area contributed by atoms with Crippen LogP contribution in [0.4, 0.5) is 0 Å². The summed E-state index contributed by atoms with van der Waals surface area (Å²) in [5.74, 6) is 0. The second kappa shape index (κ2) is 5.17. The van der Waals surface area contributed by atoms with E-state index in [9.17, 15) is 8.42 Å². The highest BCUT2D eigenvalue weighted by Gasteiger charge is 2.26. The van der Waals surface area contributed by atoms with E-state index >= 15 is 0 Å². The summed E-state index contributed by atoms with van der Waals surface area (Å²) < 4.78 is 32.3. The van der Waals surface area contributed by atoms with Crippen molar-refractivity contribution in [3.05, 3.63) is 0 Å². The van der Waals surface area contributed by atoms with E-state index in [1.807, 2.05) is 0 Å². The largest absolute Gasteiger partial charge is 0.392 e. The number of nitrogens with zero attached hydrogens (tertiary/aromatic N) is 1. The second-order valence-electron chi connectivity index (χ2n) is 3.26. The lowest BCUT2D eigenvalue weighted by Crippen LogP contribution is -2.51. The van der Waals surface area contributed by atoms with Crippen molar-refractivity contribution in [3.63, 3.8) is 0 Å². The maximum atomic E-state index is 11.7. The van der Waals surface area contributed by atoms with E-state index in [1.165, 1.54) is 4.31 Å². The lowest BCUT2D eigenvalue weighted by molar-refractivity contribution is 0.0724. The van der Waals surface area contributed by atoms with Crippen molar-refractivity contribution < 1.29 is 13.2 Å². The summed E-state index contributed by atoms with van der Waals surface area (Å²) in [6.07, 6.45) is 0. The van der Waals surface area contributed by atoms with Crippen LogP contribution in [0, 0.1) is 0 Å². The van der Waals surface area contributed by atoms with Crippen molar-refractivity contribution in [2.45, 2.75) is 13.0 Å². The minimum absolute atomic E-state index is 0.131. The number of nitrogens with one attached hydrogen (secondary N) is 1. The first-order valence-corrected chi connectivity index (χ1v) is 6.43. The Balaban J connectivity index is 2.61. The highest BCUT2D eigenvalue weighted by atomic mass is 32.2. The molecular weight excluding hydrogens is 238 g/mol. The maximum absolute atomic E-state index is 11.7.